The first-order chi connectivity index (χ1) is 18.1. The second kappa shape index (κ2) is 10.2. The highest BCUT2D eigenvalue weighted by Gasteiger charge is 2.23. The number of benzene rings is 1. The van der Waals surface area contributed by atoms with Crippen LogP contribution >= 0.6 is 23.2 Å². The van der Waals surface area contributed by atoms with Gasteiger partial charge in [-0.2, -0.15) is 10.2 Å². The number of rotatable bonds is 7. The van der Waals surface area contributed by atoms with Gasteiger partial charge in [-0.15, -0.1) is 0 Å². The number of hydrogen-bond acceptors (Lipinski definition) is 5. The molecule has 0 radical (unpaired) electrons. The molecule has 196 valence electrons. The summed E-state index contributed by atoms with van der Waals surface area (Å²) in [5.74, 6) is -0.0827. The minimum Gasteiger partial charge on any atom is -0.463 e. The van der Waals surface area contributed by atoms with E-state index in [1.54, 1.807) is 48.9 Å². The number of anilines is 1. The van der Waals surface area contributed by atoms with Crippen LogP contribution in [0.15, 0.2) is 47.1 Å². The zero-order valence-electron chi connectivity index (χ0n) is 20.6. The van der Waals surface area contributed by atoms with Crippen LogP contribution in [0.3, 0.4) is 0 Å². The van der Waals surface area contributed by atoms with Crippen LogP contribution in [-0.4, -0.2) is 30.5 Å². The highest BCUT2D eigenvalue weighted by molar-refractivity contribution is 6.36. The molecule has 5 aromatic rings. The van der Waals surface area contributed by atoms with Gasteiger partial charge in [0.15, 0.2) is 11.4 Å². The Balaban J connectivity index is 1.44. The predicted octanol–water partition coefficient (Wildman–Crippen LogP) is 6.74. The Labute approximate surface area is 226 Å². The molecule has 0 atom stereocenters. The van der Waals surface area contributed by atoms with Gasteiger partial charge in [0.2, 0.25) is 5.91 Å². The smallest absolute Gasteiger partial charge is 0.264 e. The molecular weight excluding hydrogens is 537 g/mol. The Morgan fingerprint density at radius 1 is 1.05 bits per heavy atom. The third-order valence-electron chi connectivity index (χ3n) is 6.23. The van der Waals surface area contributed by atoms with E-state index >= 15 is 0 Å². The van der Waals surface area contributed by atoms with Gasteiger partial charge in [0.1, 0.15) is 12.2 Å². The molecule has 8 nitrogen and oxygen atoms in total. The highest BCUT2D eigenvalue weighted by atomic mass is 35.5. The van der Waals surface area contributed by atoms with Crippen LogP contribution in [0.5, 0.6) is 0 Å². The third kappa shape index (κ3) is 4.77. The van der Waals surface area contributed by atoms with Crippen molar-refractivity contribution in [2.45, 2.75) is 40.3 Å². The normalized spacial score (nSPS) is 11.6. The number of furan rings is 1. The maximum Gasteiger partial charge on any atom is 0.264 e. The summed E-state index contributed by atoms with van der Waals surface area (Å²) >= 11 is 12.6. The van der Waals surface area contributed by atoms with Gasteiger partial charge in [0.25, 0.3) is 6.43 Å². The van der Waals surface area contributed by atoms with Crippen molar-refractivity contribution in [1.29, 1.82) is 0 Å². The fourth-order valence-electron chi connectivity index (χ4n) is 4.40. The molecule has 12 heteroatoms. The lowest BCUT2D eigenvalue weighted by molar-refractivity contribution is -0.116. The first kappa shape index (κ1) is 25.9. The summed E-state index contributed by atoms with van der Waals surface area (Å²) in [6, 6.07) is 9.82. The van der Waals surface area contributed by atoms with Crippen LogP contribution in [0.1, 0.15) is 34.6 Å². The van der Waals surface area contributed by atoms with E-state index in [1.807, 2.05) is 6.92 Å². The standard InChI is InChI=1S/C26H22Cl2F2N6O2/c1-13-23-16(25(29)30)10-20(21-8-5-9-38-21)31-26(23)36(33-13)12-22(37)32-24-14(2)34-35(15(24)3)11-17-18(27)6-4-7-19(17)28/h4-10,25H,11-12H2,1-3H3,(H,32,37). The van der Waals surface area contributed by atoms with E-state index in [2.05, 4.69) is 20.5 Å². The summed E-state index contributed by atoms with van der Waals surface area (Å²) in [6.07, 6.45) is -1.33. The summed E-state index contributed by atoms with van der Waals surface area (Å²) in [5.41, 5.74) is 3.06. The first-order valence-electron chi connectivity index (χ1n) is 11.6. The number of pyridine rings is 1. The molecule has 5 rings (SSSR count). The lowest BCUT2D eigenvalue weighted by atomic mass is 10.1. The quantitative estimate of drug-likeness (QED) is 0.238. The minimum absolute atomic E-state index is 0.166. The predicted molar refractivity (Wildman–Crippen MR) is 141 cm³/mol. The largest absolute Gasteiger partial charge is 0.463 e. The topological polar surface area (TPSA) is 90.8 Å². The van der Waals surface area contributed by atoms with Crippen molar-refractivity contribution in [3.05, 3.63) is 80.9 Å². The number of nitrogens with zero attached hydrogens (tertiary/aromatic N) is 5. The fraction of sp³-hybridized carbons (Fsp3) is 0.231. The summed E-state index contributed by atoms with van der Waals surface area (Å²) in [6.45, 7) is 5.27. The number of hydrogen-bond donors (Lipinski definition) is 1. The van der Waals surface area contributed by atoms with Crippen LogP contribution in [0, 0.1) is 20.8 Å². The molecule has 0 aliphatic carbocycles. The number of carbonyl (C=O) groups excluding carboxylic acids is 1. The van der Waals surface area contributed by atoms with Crippen molar-refractivity contribution >= 4 is 45.8 Å². The number of aryl methyl sites for hydroxylation is 2. The summed E-state index contributed by atoms with van der Waals surface area (Å²) in [5, 5.41) is 13.0. The van der Waals surface area contributed by atoms with Gasteiger partial charge in [0.05, 0.1) is 41.0 Å². The number of fused-ring (bicyclic) bond motifs is 1. The number of halogens is 4. The summed E-state index contributed by atoms with van der Waals surface area (Å²) in [7, 11) is 0. The Kier molecular flexibility index (Phi) is 6.93. The molecule has 1 N–H and O–H groups in total. The van der Waals surface area contributed by atoms with Crippen molar-refractivity contribution in [2.75, 3.05) is 5.32 Å². The third-order valence-corrected chi connectivity index (χ3v) is 6.93. The Morgan fingerprint density at radius 3 is 2.42 bits per heavy atom. The van der Waals surface area contributed by atoms with Crippen molar-refractivity contribution in [1.82, 2.24) is 24.5 Å². The SMILES string of the molecule is Cc1nn(Cc2c(Cl)cccc2Cl)c(C)c1NC(=O)Cn1nc(C)c2c(C(F)F)cc(-c3ccco3)nc21. The number of nitrogens with one attached hydrogen (secondary N) is 1. The van der Waals surface area contributed by atoms with Gasteiger partial charge in [-0.05, 0) is 51.1 Å². The molecule has 0 aliphatic heterocycles. The molecule has 0 saturated heterocycles. The average molecular weight is 559 g/mol. The van der Waals surface area contributed by atoms with Gasteiger partial charge in [-0.25, -0.2) is 18.4 Å². The summed E-state index contributed by atoms with van der Waals surface area (Å²) < 4.78 is 36.3. The van der Waals surface area contributed by atoms with Crippen LogP contribution in [0.25, 0.3) is 22.5 Å². The second-order valence-electron chi connectivity index (χ2n) is 8.77. The molecule has 0 unspecified atom stereocenters. The van der Waals surface area contributed by atoms with Gasteiger partial charge >= 0.3 is 0 Å². The average Bonchev–Trinajstić information content (AvgIpc) is 3.57. The molecule has 0 saturated carbocycles. The Morgan fingerprint density at radius 2 is 1.76 bits per heavy atom. The van der Waals surface area contributed by atoms with E-state index in [0.717, 1.165) is 0 Å². The van der Waals surface area contributed by atoms with Crippen LogP contribution in [-0.2, 0) is 17.9 Å². The maximum absolute atomic E-state index is 14.0. The fourth-order valence-corrected chi connectivity index (χ4v) is 4.92. The number of aromatic nitrogens is 5. The van der Waals surface area contributed by atoms with Crippen LogP contribution in [0.2, 0.25) is 10.0 Å². The maximum atomic E-state index is 14.0. The lowest BCUT2D eigenvalue weighted by Crippen LogP contribution is -2.20. The van der Waals surface area contributed by atoms with E-state index in [9.17, 15) is 13.6 Å². The van der Waals surface area contributed by atoms with E-state index in [1.165, 1.54) is 17.0 Å². The van der Waals surface area contributed by atoms with Gasteiger partial charge < -0.3 is 9.73 Å². The molecule has 0 fully saturated rings. The van der Waals surface area contributed by atoms with Crippen molar-refractivity contribution in [3.63, 3.8) is 0 Å². The van der Waals surface area contributed by atoms with E-state index in [-0.39, 0.29) is 28.8 Å². The molecule has 1 amide bonds. The molecule has 0 aliphatic rings. The lowest BCUT2D eigenvalue weighted by Gasteiger charge is -2.10. The number of carbonyl (C=O) groups is 1. The van der Waals surface area contributed by atoms with E-state index in [4.69, 9.17) is 27.6 Å². The van der Waals surface area contributed by atoms with Gasteiger partial charge in [-0.1, -0.05) is 29.3 Å². The Bertz CT molecular complexity index is 1640. The molecule has 0 spiro atoms. The van der Waals surface area contributed by atoms with E-state index < -0.39 is 12.3 Å². The minimum atomic E-state index is -2.76. The molecule has 4 aromatic heterocycles. The molecular formula is C26H22Cl2F2N6O2. The first-order valence-corrected chi connectivity index (χ1v) is 12.4. The second-order valence-corrected chi connectivity index (χ2v) is 9.58. The monoisotopic (exact) mass is 558 g/mol. The molecule has 38 heavy (non-hydrogen) atoms. The number of amides is 1. The van der Waals surface area contributed by atoms with Crippen LogP contribution in [0.4, 0.5) is 14.5 Å². The van der Waals surface area contributed by atoms with Crippen LogP contribution < -0.4 is 5.32 Å². The summed E-state index contributed by atoms with van der Waals surface area (Å²) in [4.78, 5) is 17.6. The number of alkyl halides is 2. The van der Waals surface area contributed by atoms with Crippen molar-refractivity contribution in [2.24, 2.45) is 0 Å². The zero-order valence-corrected chi connectivity index (χ0v) is 22.1. The van der Waals surface area contributed by atoms with Crippen molar-refractivity contribution in [3.8, 4) is 11.5 Å². The molecule has 0 bridgehead atoms. The van der Waals surface area contributed by atoms with E-state index in [0.29, 0.717) is 50.7 Å². The molecule has 1 aromatic carbocycles. The molecule has 4 heterocycles. The van der Waals surface area contributed by atoms with Gasteiger partial charge in [0, 0.05) is 21.2 Å². The Hall–Kier alpha value is -3.76. The highest BCUT2D eigenvalue weighted by Crippen LogP contribution is 2.33. The van der Waals surface area contributed by atoms with Crippen molar-refractivity contribution < 1.29 is 18.0 Å². The zero-order chi connectivity index (χ0) is 27.1. The van der Waals surface area contributed by atoms with Gasteiger partial charge in [-0.3, -0.25) is 9.48 Å².